The van der Waals surface area contributed by atoms with Crippen LogP contribution in [0.25, 0.3) is 10.8 Å². The van der Waals surface area contributed by atoms with Crippen molar-refractivity contribution in [1.82, 2.24) is 0 Å². The van der Waals surface area contributed by atoms with Crippen LogP contribution in [0.1, 0.15) is 42.9 Å². The number of benzene rings is 3. The average Bonchev–Trinajstić information content (AvgIpc) is 3.43. The van der Waals surface area contributed by atoms with Crippen LogP contribution in [0.3, 0.4) is 0 Å². The van der Waals surface area contributed by atoms with Crippen LogP contribution in [-0.2, 0) is 4.79 Å². The van der Waals surface area contributed by atoms with E-state index in [4.69, 9.17) is 15.9 Å². The van der Waals surface area contributed by atoms with Crippen LogP contribution in [-0.4, -0.2) is 22.8 Å². The van der Waals surface area contributed by atoms with Gasteiger partial charge >= 0.3 is 5.97 Å². The van der Waals surface area contributed by atoms with Crippen LogP contribution in [0.5, 0.6) is 0 Å². The maximum Gasteiger partial charge on any atom is 0.310 e. The number of fused-ring (bicyclic) bond motifs is 1. The number of carbonyl (C=O) groups is 1. The maximum atomic E-state index is 13.7. The van der Waals surface area contributed by atoms with E-state index >= 15 is 0 Å². The van der Waals surface area contributed by atoms with Crippen LogP contribution < -0.4 is 5.73 Å². The fourth-order valence-electron chi connectivity index (χ4n) is 3.96. The monoisotopic (exact) mass is 473 g/mol. The zero-order valence-corrected chi connectivity index (χ0v) is 18.3. The molecule has 0 aromatic heterocycles. The van der Waals surface area contributed by atoms with Crippen molar-refractivity contribution >= 4 is 32.7 Å². The Morgan fingerprint density at radius 2 is 1.93 bits per heavy atom. The lowest BCUT2D eigenvalue weighted by Gasteiger charge is -2.11. The number of carboxylic acid groups (broad SMARTS) is 1. The molecule has 4 rings (SSSR count). The van der Waals surface area contributed by atoms with Crippen LogP contribution in [0.2, 0.25) is 0 Å². The average molecular weight is 474 g/mol. The van der Waals surface area contributed by atoms with Gasteiger partial charge in [-0.05, 0) is 53.8 Å². The van der Waals surface area contributed by atoms with E-state index in [1.807, 2.05) is 19.1 Å². The predicted molar refractivity (Wildman–Crippen MR) is 120 cm³/mol. The minimum Gasteiger partial charge on any atom is -0.481 e. The van der Waals surface area contributed by atoms with E-state index in [2.05, 4.69) is 46.3 Å². The number of carboxylic acids is 1. The SMILES string of the molecule is C[C@H](N)c1cccc2ccccc12.O=C(O)[C@@]1(CCO)C[C@@H]1c1ccc(Br)cc1F. The molecule has 3 aromatic carbocycles. The van der Waals surface area contributed by atoms with Crippen molar-refractivity contribution < 1.29 is 19.4 Å². The summed E-state index contributed by atoms with van der Waals surface area (Å²) in [5.41, 5.74) is 6.54. The third-order valence-corrected chi connectivity index (χ3v) is 6.20. The Morgan fingerprint density at radius 3 is 2.57 bits per heavy atom. The van der Waals surface area contributed by atoms with E-state index < -0.39 is 17.2 Å². The van der Waals surface area contributed by atoms with Gasteiger partial charge in [0.05, 0.1) is 5.41 Å². The highest BCUT2D eigenvalue weighted by Gasteiger charge is 2.61. The highest BCUT2D eigenvalue weighted by molar-refractivity contribution is 9.10. The van der Waals surface area contributed by atoms with E-state index in [9.17, 15) is 9.18 Å². The second-order valence-corrected chi connectivity index (χ2v) is 8.63. The standard InChI is InChI=1S/C12H12BrFO3.C12H13N/c13-7-1-2-8(10(14)5-7)9-6-12(9,3-4-15)11(16)17;1-9(13)11-8-4-6-10-5-2-3-7-12(10)11/h1-2,5,9,15H,3-4,6H2,(H,16,17);2-9H,13H2,1H3/t9-,12+;9-/m10/s1. The summed E-state index contributed by atoms with van der Waals surface area (Å²) in [6.07, 6.45) is 0.559. The van der Waals surface area contributed by atoms with Gasteiger partial charge in [0.2, 0.25) is 0 Å². The van der Waals surface area contributed by atoms with E-state index in [1.54, 1.807) is 12.1 Å². The first-order valence-electron chi connectivity index (χ1n) is 9.82. The molecule has 1 aliphatic rings. The molecular formula is C24H25BrFNO3. The van der Waals surface area contributed by atoms with Gasteiger partial charge in [0.1, 0.15) is 5.82 Å². The van der Waals surface area contributed by atoms with E-state index in [0.29, 0.717) is 16.5 Å². The molecule has 0 aliphatic heterocycles. The van der Waals surface area contributed by atoms with Crippen LogP contribution in [0.15, 0.2) is 65.1 Å². The predicted octanol–water partition coefficient (Wildman–Crippen LogP) is 5.39. The molecule has 30 heavy (non-hydrogen) atoms. The number of hydrogen-bond donors (Lipinski definition) is 3. The molecule has 0 saturated heterocycles. The number of halogens is 2. The Kier molecular flexibility index (Phi) is 6.91. The van der Waals surface area contributed by atoms with E-state index in [1.165, 1.54) is 22.4 Å². The fourth-order valence-corrected chi connectivity index (χ4v) is 4.30. The number of hydrogen-bond acceptors (Lipinski definition) is 3. The maximum absolute atomic E-state index is 13.7. The number of rotatable bonds is 5. The molecule has 4 nitrogen and oxygen atoms in total. The molecule has 3 atom stereocenters. The number of aliphatic hydroxyl groups is 1. The lowest BCUT2D eigenvalue weighted by molar-refractivity contribution is -0.144. The Hall–Kier alpha value is -2.28. The van der Waals surface area contributed by atoms with Gasteiger partial charge in [-0.3, -0.25) is 4.79 Å². The van der Waals surface area contributed by atoms with Crippen LogP contribution >= 0.6 is 15.9 Å². The van der Waals surface area contributed by atoms with Gasteiger partial charge in [-0.15, -0.1) is 0 Å². The first kappa shape index (κ1) is 22.4. The van der Waals surface area contributed by atoms with Crippen LogP contribution in [0, 0.1) is 11.2 Å². The van der Waals surface area contributed by atoms with Gasteiger partial charge in [-0.25, -0.2) is 4.39 Å². The number of nitrogens with two attached hydrogens (primary N) is 1. The van der Waals surface area contributed by atoms with Crippen molar-refractivity contribution in [3.05, 3.63) is 82.1 Å². The highest BCUT2D eigenvalue weighted by atomic mass is 79.9. The quantitative estimate of drug-likeness (QED) is 0.463. The van der Waals surface area contributed by atoms with Crippen molar-refractivity contribution in [2.45, 2.75) is 31.7 Å². The van der Waals surface area contributed by atoms with Crippen molar-refractivity contribution in [1.29, 1.82) is 0 Å². The highest BCUT2D eigenvalue weighted by Crippen LogP contribution is 2.62. The second kappa shape index (κ2) is 9.25. The van der Waals surface area contributed by atoms with Crippen molar-refractivity contribution in [2.75, 3.05) is 6.61 Å². The molecule has 1 fully saturated rings. The first-order valence-corrected chi connectivity index (χ1v) is 10.6. The third-order valence-electron chi connectivity index (χ3n) is 5.71. The third kappa shape index (κ3) is 4.56. The largest absolute Gasteiger partial charge is 0.481 e. The minimum atomic E-state index is -0.983. The molecule has 6 heteroatoms. The molecule has 0 bridgehead atoms. The topological polar surface area (TPSA) is 83.6 Å². The van der Waals surface area contributed by atoms with Crippen molar-refractivity contribution in [3.8, 4) is 0 Å². The Bertz CT molecular complexity index is 1050. The van der Waals surface area contributed by atoms with Gasteiger partial charge in [0.15, 0.2) is 0 Å². The van der Waals surface area contributed by atoms with Gasteiger partial charge in [0, 0.05) is 23.0 Å². The molecular weight excluding hydrogens is 449 g/mol. The summed E-state index contributed by atoms with van der Waals surface area (Å²) in [5, 5.41) is 20.6. The Labute approximate surface area is 183 Å². The normalized spacial score (nSPS) is 20.9. The van der Waals surface area contributed by atoms with Crippen LogP contribution in [0.4, 0.5) is 4.39 Å². The summed E-state index contributed by atoms with van der Waals surface area (Å²) in [6, 6.07) is 19.3. The molecule has 158 valence electrons. The molecule has 0 radical (unpaired) electrons. The Balaban J connectivity index is 0.000000177. The summed E-state index contributed by atoms with van der Waals surface area (Å²) >= 11 is 3.16. The first-order chi connectivity index (χ1) is 14.3. The van der Waals surface area contributed by atoms with Gasteiger partial charge < -0.3 is 15.9 Å². The van der Waals surface area contributed by atoms with Crippen molar-refractivity contribution in [3.63, 3.8) is 0 Å². The number of aliphatic carboxylic acids is 1. The molecule has 0 heterocycles. The lowest BCUT2D eigenvalue weighted by atomic mass is 9.96. The molecule has 0 unspecified atom stereocenters. The molecule has 1 aliphatic carbocycles. The molecule has 0 amide bonds. The summed E-state index contributed by atoms with van der Waals surface area (Å²) < 4.78 is 14.3. The van der Waals surface area contributed by atoms with Gasteiger partial charge in [0.25, 0.3) is 0 Å². The molecule has 0 spiro atoms. The fraction of sp³-hybridized carbons (Fsp3) is 0.292. The number of aliphatic hydroxyl groups excluding tert-OH is 1. The van der Waals surface area contributed by atoms with E-state index in [-0.39, 0.29) is 25.0 Å². The summed E-state index contributed by atoms with van der Waals surface area (Å²) in [4.78, 5) is 11.2. The second-order valence-electron chi connectivity index (χ2n) is 7.71. The van der Waals surface area contributed by atoms with Gasteiger partial charge in [-0.2, -0.15) is 0 Å². The Morgan fingerprint density at radius 1 is 1.23 bits per heavy atom. The van der Waals surface area contributed by atoms with E-state index in [0.717, 1.165) is 0 Å². The lowest BCUT2D eigenvalue weighted by Crippen LogP contribution is -2.19. The zero-order chi connectivity index (χ0) is 21.9. The zero-order valence-electron chi connectivity index (χ0n) is 16.7. The molecule has 3 aromatic rings. The minimum absolute atomic E-state index is 0.103. The van der Waals surface area contributed by atoms with Gasteiger partial charge in [-0.1, -0.05) is 64.5 Å². The summed E-state index contributed by atoms with van der Waals surface area (Å²) in [6.45, 7) is 1.82. The smallest absolute Gasteiger partial charge is 0.310 e. The van der Waals surface area contributed by atoms with Crippen molar-refractivity contribution in [2.24, 2.45) is 11.1 Å². The molecule has 1 saturated carbocycles. The summed E-state index contributed by atoms with van der Waals surface area (Å²) in [5.74, 6) is -1.69. The summed E-state index contributed by atoms with van der Waals surface area (Å²) in [7, 11) is 0. The molecule has 4 N–H and O–H groups in total.